The Morgan fingerprint density at radius 1 is 1.21 bits per heavy atom. The van der Waals surface area contributed by atoms with Crippen molar-refractivity contribution in [2.75, 3.05) is 0 Å². The smallest absolute Gasteiger partial charge is 0.326 e. The molecule has 0 fully saturated rings. The molecule has 1 amide bonds. The number of amides is 1. The maximum atomic E-state index is 10.8. The number of carbonyl (C=O) groups is 3. The number of aliphatic carboxylic acids is 2. The van der Waals surface area contributed by atoms with Gasteiger partial charge < -0.3 is 15.5 Å². The van der Waals surface area contributed by atoms with E-state index in [0.29, 0.717) is 0 Å². The van der Waals surface area contributed by atoms with Crippen molar-refractivity contribution in [1.29, 1.82) is 0 Å². The molecule has 0 saturated carbocycles. The number of carbonyl (C=O) groups excluding carboxylic acids is 1. The highest BCUT2D eigenvalue weighted by Gasteiger charge is 2.25. The molecule has 0 aromatic rings. The minimum atomic E-state index is -1.53. The van der Waals surface area contributed by atoms with Gasteiger partial charge in [-0.05, 0) is 0 Å². The first-order chi connectivity index (χ1) is 6.34. The molecule has 0 unspecified atom stereocenters. The first-order valence-corrected chi connectivity index (χ1v) is 4.25. The molecule has 0 aromatic carbocycles. The Morgan fingerprint density at radius 3 is 2.00 bits per heavy atom. The van der Waals surface area contributed by atoms with E-state index >= 15 is 0 Å². The number of halogens is 2. The van der Waals surface area contributed by atoms with Crippen LogP contribution in [0.1, 0.15) is 6.42 Å². The van der Waals surface area contributed by atoms with Crippen molar-refractivity contribution in [3.05, 3.63) is 0 Å². The van der Waals surface area contributed by atoms with E-state index in [9.17, 15) is 14.4 Å². The van der Waals surface area contributed by atoms with Crippen LogP contribution in [0.5, 0.6) is 0 Å². The van der Waals surface area contributed by atoms with Gasteiger partial charge in [0.25, 0.3) is 5.91 Å². The van der Waals surface area contributed by atoms with E-state index in [0.717, 1.165) is 0 Å². The Morgan fingerprint density at radius 2 is 1.71 bits per heavy atom. The van der Waals surface area contributed by atoms with Crippen LogP contribution >= 0.6 is 23.2 Å². The van der Waals surface area contributed by atoms with Crippen LogP contribution in [0.3, 0.4) is 0 Å². The molecule has 0 saturated heterocycles. The fourth-order valence-corrected chi connectivity index (χ4v) is 0.735. The molecule has 0 aliphatic rings. The second kappa shape index (κ2) is 5.66. The molecule has 0 bridgehead atoms. The summed E-state index contributed by atoms with van der Waals surface area (Å²) in [6, 6.07) is -1.53. The standard InChI is InChI=1S/C6H7Cl2NO5/c7-4(8)5(12)9-2(6(13)14)1-3(10)11/h2,4H,1H2,(H,9,12)(H,10,11)(H,13,14)/t2-/m0/s1. The van der Waals surface area contributed by atoms with Crippen molar-refractivity contribution >= 4 is 41.0 Å². The molecular weight excluding hydrogens is 237 g/mol. The van der Waals surface area contributed by atoms with Crippen molar-refractivity contribution in [1.82, 2.24) is 5.32 Å². The van der Waals surface area contributed by atoms with Crippen LogP contribution < -0.4 is 5.32 Å². The van der Waals surface area contributed by atoms with Crippen molar-refractivity contribution in [2.24, 2.45) is 0 Å². The summed E-state index contributed by atoms with van der Waals surface area (Å²) in [6.07, 6.45) is -0.735. The monoisotopic (exact) mass is 243 g/mol. The Bertz CT molecular complexity index is 255. The number of rotatable bonds is 5. The van der Waals surface area contributed by atoms with Crippen LogP contribution in [0.4, 0.5) is 0 Å². The lowest BCUT2D eigenvalue weighted by molar-refractivity contribution is -0.147. The van der Waals surface area contributed by atoms with E-state index in [1.807, 2.05) is 5.32 Å². The number of carboxylic acid groups (broad SMARTS) is 2. The average Bonchev–Trinajstić information content (AvgIpc) is 2.01. The Balaban J connectivity index is 4.31. The molecule has 0 rings (SSSR count). The minimum Gasteiger partial charge on any atom is -0.481 e. The van der Waals surface area contributed by atoms with Gasteiger partial charge in [-0.2, -0.15) is 0 Å². The zero-order valence-corrected chi connectivity index (χ0v) is 8.25. The van der Waals surface area contributed by atoms with Gasteiger partial charge in [-0.3, -0.25) is 9.59 Å². The van der Waals surface area contributed by atoms with E-state index in [-0.39, 0.29) is 0 Å². The zero-order chi connectivity index (χ0) is 11.3. The summed E-state index contributed by atoms with van der Waals surface area (Å²) in [4.78, 5) is 30.0. The molecule has 0 aliphatic heterocycles. The molecule has 6 nitrogen and oxygen atoms in total. The first kappa shape index (κ1) is 13.0. The second-order valence-corrected chi connectivity index (χ2v) is 3.39. The van der Waals surface area contributed by atoms with Gasteiger partial charge in [0.05, 0.1) is 6.42 Å². The molecule has 80 valence electrons. The minimum absolute atomic E-state index is 0.735. The highest BCUT2D eigenvalue weighted by atomic mass is 35.5. The molecule has 0 spiro atoms. The largest absolute Gasteiger partial charge is 0.481 e. The Labute approximate surface area is 88.8 Å². The number of hydrogen-bond donors (Lipinski definition) is 3. The van der Waals surface area contributed by atoms with Crippen LogP contribution in [0.2, 0.25) is 0 Å². The fourth-order valence-electron chi connectivity index (χ4n) is 0.609. The summed E-state index contributed by atoms with van der Waals surface area (Å²) in [5.74, 6) is -3.75. The average molecular weight is 244 g/mol. The third kappa shape index (κ3) is 4.88. The van der Waals surface area contributed by atoms with Crippen LogP contribution in [-0.2, 0) is 14.4 Å². The van der Waals surface area contributed by atoms with Gasteiger partial charge in [0.2, 0.25) is 0 Å². The van der Waals surface area contributed by atoms with E-state index in [1.165, 1.54) is 0 Å². The number of carboxylic acids is 2. The number of hydrogen-bond acceptors (Lipinski definition) is 3. The number of alkyl halides is 2. The highest BCUT2D eigenvalue weighted by molar-refractivity contribution is 6.53. The van der Waals surface area contributed by atoms with E-state index in [2.05, 4.69) is 0 Å². The predicted molar refractivity (Wildman–Crippen MR) is 47.3 cm³/mol. The maximum Gasteiger partial charge on any atom is 0.326 e. The summed E-state index contributed by atoms with van der Waals surface area (Å²) in [6.45, 7) is 0. The fraction of sp³-hybridized carbons (Fsp3) is 0.500. The summed E-state index contributed by atoms with van der Waals surface area (Å²) in [5, 5.41) is 18.7. The maximum absolute atomic E-state index is 10.8. The summed E-state index contributed by atoms with van der Waals surface area (Å²) < 4.78 is 0. The molecule has 8 heteroatoms. The third-order valence-electron chi connectivity index (χ3n) is 1.19. The molecular formula is C6H7Cl2NO5. The van der Waals surface area contributed by atoms with Crippen LogP contribution in [0, 0.1) is 0 Å². The predicted octanol–water partition coefficient (Wildman–Crippen LogP) is -0.166. The second-order valence-electron chi connectivity index (χ2n) is 2.30. The van der Waals surface area contributed by atoms with Crippen molar-refractivity contribution < 1.29 is 24.6 Å². The van der Waals surface area contributed by atoms with E-state index < -0.39 is 35.1 Å². The summed E-state index contributed by atoms with van der Waals surface area (Å²) in [5.41, 5.74) is 0. The molecule has 14 heavy (non-hydrogen) atoms. The van der Waals surface area contributed by atoms with Crippen molar-refractivity contribution in [3.63, 3.8) is 0 Å². The van der Waals surface area contributed by atoms with Gasteiger partial charge in [0.1, 0.15) is 6.04 Å². The van der Waals surface area contributed by atoms with Crippen molar-refractivity contribution in [2.45, 2.75) is 17.3 Å². The molecule has 1 atom stereocenters. The molecule has 0 heterocycles. The van der Waals surface area contributed by atoms with Crippen LogP contribution in [-0.4, -0.2) is 38.9 Å². The first-order valence-electron chi connectivity index (χ1n) is 3.37. The van der Waals surface area contributed by atoms with Gasteiger partial charge >= 0.3 is 11.9 Å². The van der Waals surface area contributed by atoms with E-state index in [4.69, 9.17) is 33.4 Å². The van der Waals surface area contributed by atoms with Crippen LogP contribution in [0.25, 0.3) is 0 Å². The lowest BCUT2D eigenvalue weighted by Gasteiger charge is -2.12. The number of nitrogens with one attached hydrogen (secondary N) is 1. The van der Waals surface area contributed by atoms with Crippen molar-refractivity contribution in [3.8, 4) is 0 Å². The molecule has 3 N–H and O–H groups in total. The highest BCUT2D eigenvalue weighted by Crippen LogP contribution is 2.02. The molecule has 0 aliphatic carbocycles. The van der Waals surface area contributed by atoms with Gasteiger partial charge in [-0.1, -0.05) is 23.2 Å². The van der Waals surface area contributed by atoms with Gasteiger partial charge in [0.15, 0.2) is 4.84 Å². The Hall–Kier alpha value is -1.01. The zero-order valence-electron chi connectivity index (χ0n) is 6.74. The van der Waals surface area contributed by atoms with Gasteiger partial charge in [0, 0.05) is 0 Å². The topological polar surface area (TPSA) is 104 Å². The van der Waals surface area contributed by atoms with Gasteiger partial charge in [-0.15, -0.1) is 0 Å². The molecule has 0 aromatic heterocycles. The lowest BCUT2D eigenvalue weighted by Crippen LogP contribution is -2.44. The summed E-state index contributed by atoms with van der Waals surface area (Å²) >= 11 is 10.3. The Kier molecular flexibility index (Phi) is 5.26. The molecule has 0 radical (unpaired) electrons. The third-order valence-corrected chi connectivity index (χ3v) is 1.59. The normalized spacial score (nSPS) is 12.2. The van der Waals surface area contributed by atoms with E-state index in [1.54, 1.807) is 0 Å². The summed E-state index contributed by atoms with van der Waals surface area (Å²) in [7, 11) is 0. The quantitative estimate of drug-likeness (QED) is 0.582. The lowest BCUT2D eigenvalue weighted by atomic mass is 10.2. The SMILES string of the molecule is O=C(O)C[C@H](NC(=O)C(Cl)Cl)C(=O)O. The van der Waals surface area contributed by atoms with Crippen LogP contribution in [0.15, 0.2) is 0 Å². The van der Waals surface area contributed by atoms with Gasteiger partial charge in [-0.25, -0.2) is 4.79 Å².